The summed E-state index contributed by atoms with van der Waals surface area (Å²) in [7, 11) is 0. The average molecular weight is 399 g/mol. The number of nitrogens with one attached hydrogen (secondary N) is 1. The number of aromatic nitrogens is 4. The molecule has 146 valence electrons. The molecule has 2 aromatic carbocycles. The first-order chi connectivity index (χ1) is 13.5. The van der Waals surface area contributed by atoms with Gasteiger partial charge in [0.25, 0.3) is 0 Å². The molecule has 2 atom stereocenters. The summed E-state index contributed by atoms with van der Waals surface area (Å²) in [5.41, 5.74) is 2.43. The van der Waals surface area contributed by atoms with E-state index >= 15 is 0 Å². The Kier molecular flexibility index (Phi) is 6.41. The van der Waals surface area contributed by atoms with E-state index in [2.05, 4.69) is 34.7 Å². The summed E-state index contributed by atoms with van der Waals surface area (Å²) < 4.78 is 14.9. The second-order valence-corrected chi connectivity index (χ2v) is 7.81. The van der Waals surface area contributed by atoms with Crippen LogP contribution < -0.4 is 5.32 Å². The molecule has 6 nitrogen and oxygen atoms in total. The number of tetrazole rings is 1. The van der Waals surface area contributed by atoms with Crippen LogP contribution >= 0.6 is 11.8 Å². The number of anilines is 1. The van der Waals surface area contributed by atoms with Crippen LogP contribution in [0.2, 0.25) is 0 Å². The number of rotatable bonds is 7. The molecule has 3 rings (SSSR count). The molecule has 1 heterocycles. The molecule has 28 heavy (non-hydrogen) atoms. The van der Waals surface area contributed by atoms with Crippen LogP contribution in [0.15, 0.2) is 53.7 Å². The predicted octanol–water partition coefficient (Wildman–Crippen LogP) is 4.43. The summed E-state index contributed by atoms with van der Waals surface area (Å²) in [4.78, 5) is 12.7. The number of thioether (sulfide) groups is 1. The lowest BCUT2D eigenvalue weighted by Gasteiger charge is -2.17. The molecule has 1 aromatic heterocycles. The highest BCUT2D eigenvalue weighted by molar-refractivity contribution is 8.00. The molecule has 0 aliphatic rings. The molecule has 0 saturated carbocycles. The van der Waals surface area contributed by atoms with E-state index < -0.39 is 5.25 Å². The van der Waals surface area contributed by atoms with Crippen molar-refractivity contribution in [2.75, 3.05) is 5.32 Å². The molecule has 0 unspecified atom stereocenters. The maximum Gasteiger partial charge on any atom is 0.237 e. The van der Waals surface area contributed by atoms with Gasteiger partial charge in [0.15, 0.2) is 0 Å². The summed E-state index contributed by atoms with van der Waals surface area (Å²) in [6, 6.07) is 13.8. The van der Waals surface area contributed by atoms with Gasteiger partial charge < -0.3 is 5.32 Å². The Labute approximate surface area is 167 Å². The van der Waals surface area contributed by atoms with Gasteiger partial charge in [-0.05, 0) is 59.5 Å². The number of halogens is 1. The molecular formula is C20H22FN5OS. The van der Waals surface area contributed by atoms with Crippen LogP contribution in [-0.4, -0.2) is 31.4 Å². The van der Waals surface area contributed by atoms with Crippen LogP contribution in [0.3, 0.4) is 0 Å². The first-order valence-corrected chi connectivity index (χ1v) is 9.98. The van der Waals surface area contributed by atoms with Crippen LogP contribution in [0.25, 0.3) is 5.69 Å². The third kappa shape index (κ3) is 4.56. The SMILES string of the molecule is CC[C@H](C)c1ccccc1NC(=O)[C@H](C)Sc1nnnn1-c1cccc(F)c1. The Hall–Kier alpha value is -2.74. The fourth-order valence-corrected chi connectivity index (χ4v) is 3.54. The van der Waals surface area contributed by atoms with E-state index in [0.29, 0.717) is 16.8 Å². The van der Waals surface area contributed by atoms with Crippen molar-refractivity contribution in [1.82, 2.24) is 20.2 Å². The molecule has 0 saturated heterocycles. The van der Waals surface area contributed by atoms with Gasteiger partial charge in [0, 0.05) is 5.69 Å². The van der Waals surface area contributed by atoms with Crippen molar-refractivity contribution in [3.8, 4) is 5.69 Å². The molecule has 0 spiro atoms. The highest BCUT2D eigenvalue weighted by Gasteiger charge is 2.21. The zero-order valence-corrected chi connectivity index (χ0v) is 16.8. The van der Waals surface area contributed by atoms with Gasteiger partial charge in [0.2, 0.25) is 11.1 Å². The summed E-state index contributed by atoms with van der Waals surface area (Å²) in [5.74, 6) is -0.175. The summed E-state index contributed by atoms with van der Waals surface area (Å²) in [6.45, 7) is 6.04. The van der Waals surface area contributed by atoms with E-state index in [1.54, 1.807) is 19.1 Å². The van der Waals surface area contributed by atoms with Gasteiger partial charge in [-0.3, -0.25) is 4.79 Å². The van der Waals surface area contributed by atoms with Gasteiger partial charge in [-0.2, -0.15) is 4.68 Å². The lowest BCUT2D eigenvalue weighted by atomic mass is 9.97. The first-order valence-electron chi connectivity index (χ1n) is 9.10. The Morgan fingerprint density at radius 1 is 1.21 bits per heavy atom. The third-order valence-electron chi connectivity index (χ3n) is 4.51. The number of carbonyl (C=O) groups excluding carboxylic acids is 1. The van der Waals surface area contributed by atoms with Crippen molar-refractivity contribution in [3.05, 3.63) is 59.9 Å². The molecule has 0 aliphatic carbocycles. The summed E-state index contributed by atoms with van der Waals surface area (Å²) in [5, 5.41) is 14.5. The van der Waals surface area contributed by atoms with Crippen molar-refractivity contribution in [2.45, 2.75) is 43.5 Å². The monoisotopic (exact) mass is 399 g/mol. The van der Waals surface area contributed by atoms with E-state index in [0.717, 1.165) is 17.7 Å². The number of carbonyl (C=O) groups is 1. The fourth-order valence-electron chi connectivity index (χ4n) is 2.73. The molecule has 1 amide bonds. The standard InChI is InChI=1S/C20H22FN5OS/c1-4-13(2)17-10-5-6-11-18(17)22-19(27)14(3)28-20-23-24-25-26(20)16-9-7-8-15(21)12-16/h5-14H,4H2,1-3H3,(H,22,27)/t13-,14-/m0/s1. The number of para-hydroxylation sites is 1. The van der Waals surface area contributed by atoms with Crippen molar-refractivity contribution in [1.29, 1.82) is 0 Å². The van der Waals surface area contributed by atoms with Crippen molar-refractivity contribution >= 4 is 23.4 Å². The number of benzene rings is 2. The zero-order valence-electron chi connectivity index (χ0n) is 16.0. The van der Waals surface area contributed by atoms with E-state index in [-0.39, 0.29) is 11.7 Å². The van der Waals surface area contributed by atoms with Crippen LogP contribution in [0.1, 0.15) is 38.7 Å². The number of nitrogens with zero attached hydrogens (tertiary/aromatic N) is 4. The minimum absolute atomic E-state index is 0.144. The zero-order chi connectivity index (χ0) is 20.1. The molecule has 0 radical (unpaired) electrons. The molecule has 1 N–H and O–H groups in total. The van der Waals surface area contributed by atoms with E-state index in [1.165, 1.54) is 28.6 Å². The maximum absolute atomic E-state index is 13.5. The molecule has 0 fully saturated rings. The number of hydrogen-bond donors (Lipinski definition) is 1. The van der Waals surface area contributed by atoms with Gasteiger partial charge in [-0.1, -0.05) is 49.9 Å². The van der Waals surface area contributed by atoms with Crippen LogP contribution in [-0.2, 0) is 4.79 Å². The van der Waals surface area contributed by atoms with Gasteiger partial charge >= 0.3 is 0 Å². The predicted molar refractivity (Wildman–Crippen MR) is 108 cm³/mol. The Balaban J connectivity index is 1.74. The summed E-state index contributed by atoms with van der Waals surface area (Å²) in [6.07, 6.45) is 0.986. The largest absolute Gasteiger partial charge is 0.325 e. The second kappa shape index (κ2) is 8.97. The lowest BCUT2D eigenvalue weighted by molar-refractivity contribution is -0.115. The normalized spacial score (nSPS) is 13.1. The second-order valence-electron chi connectivity index (χ2n) is 6.50. The van der Waals surface area contributed by atoms with E-state index in [4.69, 9.17) is 0 Å². The molecule has 0 aliphatic heterocycles. The molecular weight excluding hydrogens is 377 g/mol. The Morgan fingerprint density at radius 3 is 2.75 bits per heavy atom. The van der Waals surface area contributed by atoms with Gasteiger partial charge in [-0.15, -0.1) is 5.10 Å². The quantitative estimate of drug-likeness (QED) is 0.595. The molecule has 0 bridgehead atoms. The van der Waals surface area contributed by atoms with E-state index in [9.17, 15) is 9.18 Å². The van der Waals surface area contributed by atoms with Gasteiger partial charge in [-0.25, -0.2) is 4.39 Å². The Morgan fingerprint density at radius 2 is 2.00 bits per heavy atom. The topological polar surface area (TPSA) is 72.7 Å². The number of hydrogen-bond acceptors (Lipinski definition) is 5. The van der Waals surface area contributed by atoms with Crippen molar-refractivity contribution in [3.63, 3.8) is 0 Å². The van der Waals surface area contributed by atoms with E-state index in [1.807, 2.05) is 24.3 Å². The minimum atomic E-state index is -0.441. The van der Waals surface area contributed by atoms with Crippen LogP contribution in [0, 0.1) is 5.82 Å². The van der Waals surface area contributed by atoms with Gasteiger partial charge in [0.05, 0.1) is 10.9 Å². The molecule has 3 aromatic rings. The summed E-state index contributed by atoms with van der Waals surface area (Å²) >= 11 is 1.22. The van der Waals surface area contributed by atoms with Crippen LogP contribution in [0.4, 0.5) is 10.1 Å². The minimum Gasteiger partial charge on any atom is -0.325 e. The smallest absolute Gasteiger partial charge is 0.237 e. The average Bonchev–Trinajstić information content (AvgIpc) is 3.16. The maximum atomic E-state index is 13.5. The highest BCUT2D eigenvalue weighted by atomic mass is 32.2. The number of amides is 1. The van der Waals surface area contributed by atoms with Crippen molar-refractivity contribution < 1.29 is 9.18 Å². The lowest BCUT2D eigenvalue weighted by Crippen LogP contribution is -2.23. The Bertz CT molecular complexity index is 961. The highest BCUT2D eigenvalue weighted by Crippen LogP contribution is 2.28. The fraction of sp³-hybridized carbons (Fsp3) is 0.300. The first kappa shape index (κ1) is 20.0. The van der Waals surface area contributed by atoms with Crippen molar-refractivity contribution in [2.24, 2.45) is 0 Å². The van der Waals surface area contributed by atoms with Crippen LogP contribution in [0.5, 0.6) is 0 Å². The molecule has 8 heteroatoms. The third-order valence-corrected chi connectivity index (χ3v) is 5.54. The van der Waals surface area contributed by atoms with Gasteiger partial charge in [0.1, 0.15) is 5.82 Å².